The highest BCUT2D eigenvalue weighted by molar-refractivity contribution is 7.18. The number of morpholine rings is 1. The molecule has 0 saturated carbocycles. The van der Waals surface area contributed by atoms with E-state index >= 15 is 0 Å². The maximum atomic E-state index is 12.5. The fourth-order valence-corrected chi connectivity index (χ4v) is 4.61. The minimum absolute atomic E-state index is 0.170. The smallest absolute Gasteiger partial charge is 0.349 e. The zero-order valence-electron chi connectivity index (χ0n) is 19.4. The van der Waals surface area contributed by atoms with Crippen LogP contribution in [0, 0.1) is 6.92 Å². The maximum absolute atomic E-state index is 12.5. The summed E-state index contributed by atoms with van der Waals surface area (Å²) in [4.78, 5) is 39.6. The minimum Gasteiger partial charge on any atom is -0.459 e. The molecule has 9 nitrogen and oxygen atoms in total. The molecule has 35 heavy (non-hydrogen) atoms. The molecule has 1 saturated heterocycles. The zero-order valence-corrected chi connectivity index (χ0v) is 20.2. The molecular weight excluding hydrogens is 470 g/mol. The van der Waals surface area contributed by atoms with E-state index in [4.69, 9.17) is 13.9 Å². The normalized spacial score (nSPS) is 13.9. The molecule has 1 aliphatic heterocycles. The van der Waals surface area contributed by atoms with Gasteiger partial charge < -0.3 is 24.5 Å². The second-order valence-corrected chi connectivity index (χ2v) is 9.12. The van der Waals surface area contributed by atoms with E-state index in [1.165, 1.54) is 6.26 Å². The summed E-state index contributed by atoms with van der Waals surface area (Å²) >= 11 is 1.08. The lowest BCUT2D eigenvalue weighted by atomic mass is 10.1. The number of hydrogen-bond donors (Lipinski definition) is 2. The van der Waals surface area contributed by atoms with Crippen LogP contribution in [0.1, 0.15) is 36.9 Å². The van der Waals surface area contributed by atoms with Gasteiger partial charge in [-0.1, -0.05) is 24.3 Å². The van der Waals surface area contributed by atoms with Gasteiger partial charge in [-0.05, 0) is 41.8 Å². The Morgan fingerprint density at radius 2 is 1.86 bits per heavy atom. The summed E-state index contributed by atoms with van der Waals surface area (Å²) in [6.07, 6.45) is 1.41. The molecule has 1 aliphatic rings. The van der Waals surface area contributed by atoms with Gasteiger partial charge in [0.1, 0.15) is 4.88 Å². The van der Waals surface area contributed by atoms with E-state index in [0.29, 0.717) is 22.0 Å². The monoisotopic (exact) mass is 497 g/mol. The van der Waals surface area contributed by atoms with Crippen molar-refractivity contribution in [1.29, 1.82) is 0 Å². The van der Waals surface area contributed by atoms with Gasteiger partial charge in [0.2, 0.25) is 0 Å². The van der Waals surface area contributed by atoms with E-state index in [2.05, 4.69) is 21.6 Å². The van der Waals surface area contributed by atoms with Crippen LogP contribution in [0.15, 0.2) is 53.1 Å². The largest absolute Gasteiger partial charge is 0.459 e. The van der Waals surface area contributed by atoms with Crippen LogP contribution in [-0.2, 0) is 27.4 Å². The van der Waals surface area contributed by atoms with Gasteiger partial charge in [-0.25, -0.2) is 4.79 Å². The number of rotatable bonds is 9. The molecule has 0 radical (unpaired) electrons. The Labute approximate surface area is 207 Å². The van der Waals surface area contributed by atoms with Crippen LogP contribution in [-0.4, -0.2) is 55.6 Å². The third kappa shape index (κ3) is 6.78. The van der Waals surface area contributed by atoms with E-state index in [-0.39, 0.29) is 11.7 Å². The van der Waals surface area contributed by atoms with Crippen LogP contribution in [0.2, 0.25) is 0 Å². The number of hydrogen-bond acceptors (Lipinski definition) is 8. The quantitative estimate of drug-likeness (QED) is 0.437. The third-order valence-electron chi connectivity index (χ3n) is 5.51. The van der Waals surface area contributed by atoms with Crippen LogP contribution in [0.5, 0.6) is 0 Å². The number of anilines is 1. The molecule has 0 aliphatic carbocycles. The predicted octanol–water partition coefficient (Wildman–Crippen LogP) is 3.21. The molecule has 2 N–H and O–H groups in total. The number of esters is 1. The number of aryl methyl sites for hydroxylation is 1. The average Bonchev–Trinajstić information content (AvgIpc) is 3.53. The highest BCUT2D eigenvalue weighted by atomic mass is 32.1. The fraction of sp³-hybridized carbons (Fsp3) is 0.320. The number of thiophene rings is 1. The molecule has 1 aromatic carbocycles. The summed E-state index contributed by atoms with van der Waals surface area (Å²) < 4.78 is 15.7. The Bertz CT molecular complexity index is 1170. The molecule has 2 amide bonds. The summed E-state index contributed by atoms with van der Waals surface area (Å²) in [5.74, 6) is -1.25. The van der Waals surface area contributed by atoms with Crippen molar-refractivity contribution >= 4 is 34.1 Å². The second-order valence-electron chi connectivity index (χ2n) is 8.06. The first-order valence-electron chi connectivity index (χ1n) is 11.3. The number of carbonyl (C=O) groups excluding carboxylic acids is 3. The molecule has 0 bridgehead atoms. The molecule has 0 spiro atoms. The molecule has 2 aromatic heterocycles. The van der Waals surface area contributed by atoms with Crippen molar-refractivity contribution in [2.24, 2.45) is 0 Å². The standard InChI is InChI=1S/C25H27N3O6S/c1-17-13-22(27-24(30)20-7-4-10-33-20)35-23(17)25(31)34-16-21(29)26-14-18-5-2-3-6-19(18)15-28-8-11-32-12-9-28/h2-7,10,13H,8-9,11-12,14-16H2,1H3,(H,26,29)(H,27,30). The van der Waals surface area contributed by atoms with Gasteiger partial charge in [-0.15, -0.1) is 11.3 Å². The van der Waals surface area contributed by atoms with E-state index in [1.54, 1.807) is 25.1 Å². The van der Waals surface area contributed by atoms with Gasteiger partial charge in [-0.3, -0.25) is 14.5 Å². The van der Waals surface area contributed by atoms with Gasteiger partial charge in [0, 0.05) is 26.2 Å². The minimum atomic E-state index is -0.617. The van der Waals surface area contributed by atoms with E-state index in [0.717, 1.165) is 55.3 Å². The van der Waals surface area contributed by atoms with Crippen LogP contribution >= 0.6 is 11.3 Å². The average molecular weight is 498 g/mol. The Balaban J connectivity index is 1.26. The first-order chi connectivity index (χ1) is 17.0. The van der Waals surface area contributed by atoms with Crippen LogP contribution < -0.4 is 10.6 Å². The van der Waals surface area contributed by atoms with Crippen LogP contribution in [0.3, 0.4) is 0 Å². The Morgan fingerprint density at radius 1 is 1.09 bits per heavy atom. The first-order valence-corrected chi connectivity index (χ1v) is 12.1. The highest BCUT2D eigenvalue weighted by Gasteiger charge is 2.19. The maximum Gasteiger partial charge on any atom is 0.349 e. The summed E-state index contributed by atoms with van der Waals surface area (Å²) in [5, 5.41) is 5.99. The molecule has 0 unspecified atom stereocenters. The van der Waals surface area contributed by atoms with Crippen molar-refractivity contribution in [3.63, 3.8) is 0 Å². The molecular formula is C25H27N3O6S. The fourth-order valence-electron chi connectivity index (χ4n) is 3.65. The van der Waals surface area contributed by atoms with Gasteiger partial charge in [-0.2, -0.15) is 0 Å². The van der Waals surface area contributed by atoms with Crippen molar-refractivity contribution in [3.8, 4) is 0 Å². The third-order valence-corrected chi connectivity index (χ3v) is 6.64. The molecule has 184 valence electrons. The van der Waals surface area contributed by atoms with Gasteiger partial charge in [0.15, 0.2) is 12.4 Å². The molecule has 3 aromatic rings. The predicted molar refractivity (Wildman–Crippen MR) is 130 cm³/mol. The number of ether oxygens (including phenoxy) is 2. The molecule has 10 heteroatoms. The summed E-state index contributed by atoms with van der Waals surface area (Å²) in [5.41, 5.74) is 2.81. The summed E-state index contributed by atoms with van der Waals surface area (Å²) in [6, 6.07) is 12.8. The lowest BCUT2D eigenvalue weighted by Crippen LogP contribution is -2.36. The molecule has 1 fully saturated rings. The summed E-state index contributed by atoms with van der Waals surface area (Å²) in [7, 11) is 0. The molecule has 4 rings (SSSR count). The zero-order chi connectivity index (χ0) is 24.6. The second kappa shape index (κ2) is 11.8. The number of benzene rings is 1. The Morgan fingerprint density at radius 3 is 2.60 bits per heavy atom. The van der Waals surface area contributed by atoms with Crippen LogP contribution in [0.4, 0.5) is 5.00 Å². The molecule has 0 atom stereocenters. The van der Waals surface area contributed by atoms with Gasteiger partial charge in [0.05, 0.1) is 24.5 Å². The number of nitrogens with one attached hydrogen (secondary N) is 2. The highest BCUT2D eigenvalue weighted by Crippen LogP contribution is 2.27. The van der Waals surface area contributed by atoms with Crippen LogP contribution in [0.25, 0.3) is 0 Å². The number of nitrogens with zero attached hydrogens (tertiary/aromatic N) is 1. The van der Waals surface area contributed by atoms with Crippen molar-refractivity contribution in [3.05, 3.63) is 76.1 Å². The number of carbonyl (C=O) groups is 3. The topological polar surface area (TPSA) is 110 Å². The van der Waals surface area contributed by atoms with Crippen molar-refractivity contribution < 1.29 is 28.3 Å². The van der Waals surface area contributed by atoms with Crippen molar-refractivity contribution in [2.75, 3.05) is 38.2 Å². The van der Waals surface area contributed by atoms with E-state index in [9.17, 15) is 14.4 Å². The Hall–Kier alpha value is -3.47. The van der Waals surface area contributed by atoms with E-state index < -0.39 is 18.5 Å². The first kappa shape index (κ1) is 24.6. The SMILES string of the molecule is Cc1cc(NC(=O)c2ccco2)sc1C(=O)OCC(=O)NCc1ccccc1CN1CCOCC1. The summed E-state index contributed by atoms with van der Waals surface area (Å²) in [6.45, 7) is 5.70. The van der Waals surface area contributed by atoms with Gasteiger partial charge in [0.25, 0.3) is 11.8 Å². The lowest BCUT2D eigenvalue weighted by molar-refractivity contribution is -0.124. The lowest BCUT2D eigenvalue weighted by Gasteiger charge is -2.27. The van der Waals surface area contributed by atoms with E-state index in [1.807, 2.05) is 18.2 Å². The van der Waals surface area contributed by atoms with Crippen molar-refractivity contribution in [2.45, 2.75) is 20.0 Å². The number of furan rings is 1. The number of amides is 2. The molecule has 3 heterocycles. The van der Waals surface area contributed by atoms with Gasteiger partial charge >= 0.3 is 5.97 Å². The van der Waals surface area contributed by atoms with Crippen molar-refractivity contribution in [1.82, 2.24) is 10.2 Å². The Kier molecular flexibility index (Phi) is 8.30.